The molecule has 1 aliphatic heterocycles. The van der Waals surface area contributed by atoms with Gasteiger partial charge in [-0.25, -0.2) is 0 Å². The first-order valence-electron chi connectivity index (χ1n) is 7.20. The van der Waals surface area contributed by atoms with Crippen molar-refractivity contribution in [2.45, 2.75) is 32.2 Å². The van der Waals surface area contributed by atoms with Crippen molar-refractivity contribution in [1.82, 2.24) is 10.2 Å². The van der Waals surface area contributed by atoms with Crippen molar-refractivity contribution >= 4 is 17.2 Å². The van der Waals surface area contributed by atoms with Crippen LogP contribution in [0.25, 0.3) is 0 Å². The highest BCUT2D eigenvalue weighted by Gasteiger charge is 2.28. The van der Waals surface area contributed by atoms with E-state index in [2.05, 4.69) is 35.5 Å². The minimum atomic E-state index is -0.0115. The van der Waals surface area contributed by atoms with E-state index in [0.717, 1.165) is 32.7 Å². The summed E-state index contributed by atoms with van der Waals surface area (Å²) >= 11 is 1.71. The second kappa shape index (κ2) is 7.20. The third-order valence-electron chi connectivity index (χ3n) is 3.76. The van der Waals surface area contributed by atoms with Crippen LogP contribution in [-0.2, 0) is 16.0 Å². The number of aryl methyl sites for hydroxylation is 1. The normalized spacial score (nSPS) is 17.1. The molecule has 4 nitrogen and oxygen atoms in total. The number of morpholine rings is 1. The molecule has 5 heteroatoms. The van der Waals surface area contributed by atoms with E-state index in [1.807, 2.05) is 6.07 Å². The van der Waals surface area contributed by atoms with Gasteiger partial charge in [-0.2, -0.15) is 0 Å². The number of thiophene rings is 1. The average molecular weight is 296 g/mol. The van der Waals surface area contributed by atoms with Gasteiger partial charge < -0.3 is 10.1 Å². The second-order valence-electron chi connectivity index (χ2n) is 5.77. The molecule has 0 radical (unpaired) electrons. The first-order chi connectivity index (χ1) is 9.58. The lowest BCUT2D eigenvalue weighted by molar-refractivity contribution is -0.121. The Kier molecular flexibility index (Phi) is 5.57. The van der Waals surface area contributed by atoms with Gasteiger partial charge in [-0.3, -0.25) is 9.69 Å². The molecule has 1 aliphatic rings. The van der Waals surface area contributed by atoms with Crippen molar-refractivity contribution in [1.29, 1.82) is 0 Å². The number of hydrogen-bond donors (Lipinski definition) is 1. The molecular formula is C15H24N2O2S. The third kappa shape index (κ3) is 4.58. The maximum absolute atomic E-state index is 11.9. The standard InChI is InChI=1S/C15H24N2O2S/c1-15(2,17-7-9-19-10-8-17)12-16-14(18)6-5-13-4-3-11-20-13/h3-4,11H,5-10,12H2,1-2H3,(H,16,18). The number of carbonyl (C=O) groups excluding carboxylic acids is 1. The van der Waals surface area contributed by atoms with E-state index in [9.17, 15) is 4.79 Å². The fourth-order valence-electron chi connectivity index (χ4n) is 2.38. The van der Waals surface area contributed by atoms with Crippen LogP contribution in [0.1, 0.15) is 25.1 Å². The van der Waals surface area contributed by atoms with Gasteiger partial charge >= 0.3 is 0 Å². The van der Waals surface area contributed by atoms with Crippen molar-refractivity contribution in [2.75, 3.05) is 32.8 Å². The minimum absolute atomic E-state index is 0.0115. The molecule has 20 heavy (non-hydrogen) atoms. The number of carbonyl (C=O) groups is 1. The molecule has 1 fully saturated rings. The molecule has 0 bridgehead atoms. The number of ether oxygens (including phenoxy) is 1. The molecule has 0 aliphatic carbocycles. The largest absolute Gasteiger partial charge is 0.379 e. The van der Waals surface area contributed by atoms with Gasteiger partial charge in [0.2, 0.25) is 5.91 Å². The third-order valence-corrected chi connectivity index (χ3v) is 4.70. The fraction of sp³-hybridized carbons (Fsp3) is 0.667. The lowest BCUT2D eigenvalue weighted by Gasteiger charge is -2.40. The number of amides is 1. The van der Waals surface area contributed by atoms with Crippen LogP contribution in [0.2, 0.25) is 0 Å². The Morgan fingerprint density at radius 2 is 2.20 bits per heavy atom. The highest BCUT2D eigenvalue weighted by atomic mass is 32.1. The highest BCUT2D eigenvalue weighted by Crippen LogP contribution is 2.15. The van der Waals surface area contributed by atoms with Crippen molar-refractivity contribution in [3.05, 3.63) is 22.4 Å². The maximum atomic E-state index is 11.9. The summed E-state index contributed by atoms with van der Waals surface area (Å²) in [4.78, 5) is 15.6. The Labute approximate surface area is 125 Å². The Morgan fingerprint density at radius 3 is 2.85 bits per heavy atom. The Bertz CT molecular complexity index is 412. The van der Waals surface area contributed by atoms with Crippen LogP contribution in [-0.4, -0.2) is 49.2 Å². The lowest BCUT2D eigenvalue weighted by Crippen LogP contribution is -2.55. The summed E-state index contributed by atoms with van der Waals surface area (Å²) in [6.45, 7) is 8.51. The molecule has 1 aromatic heterocycles. The molecule has 1 saturated heterocycles. The number of rotatable bonds is 6. The smallest absolute Gasteiger partial charge is 0.220 e. The monoisotopic (exact) mass is 296 g/mol. The quantitative estimate of drug-likeness (QED) is 0.872. The fourth-order valence-corrected chi connectivity index (χ4v) is 3.08. The van der Waals surface area contributed by atoms with Crippen molar-refractivity contribution in [3.63, 3.8) is 0 Å². The summed E-state index contributed by atoms with van der Waals surface area (Å²) in [5, 5.41) is 5.12. The van der Waals surface area contributed by atoms with Gasteiger partial charge in [0.05, 0.1) is 13.2 Å². The van der Waals surface area contributed by atoms with Gasteiger partial charge in [0, 0.05) is 36.5 Å². The summed E-state index contributed by atoms with van der Waals surface area (Å²) in [5.41, 5.74) is -0.0115. The van der Waals surface area contributed by atoms with E-state index in [1.165, 1.54) is 4.88 Å². The molecule has 112 valence electrons. The molecular weight excluding hydrogens is 272 g/mol. The molecule has 2 heterocycles. The zero-order valence-corrected chi connectivity index (χ0v) is 13.2. The van der Waals surface area contributed by atoms with Crippen LogP contribution in [0.5, 0.6) is 0 Å². The average Bonchev–Trinajstić information content (AvgIpc) is 2.97. The van der Waals surface area contributed by atoms with E-state index < -0.39 is 0 Å². The minimum Gasteiger partial charge on any atom is -0.379 e. The second-order valence-corrected chi connectivity index (χ2v) is 6.80. The van der Waals surface area contributed by atoms with Gasteiger partial charge in [0.1, 0.15) is 0 Å². The predicted molar refractivity (Wildman–Crippen MR) is 82.1 cm³/mol. The zero-order chi connectivity index (χ0) is 14.4. The molecule has 0 saturated carbocycles. The van der Waals surface area contributed by atoms with Crippen molar-refractivity contribution < 1.29 is 9.53 Å². The van der Waals surface area contributed by atoms with Crippen LogP contribution in [0.4, 0.5) is 0 Å². The molecule has 1 aromatic rings. The van der Waals surface area contributed by atoms with Crippen LogP contribution < -0.4 is 5.32 Å². The van der Waals surface area contributed by atoms with Gasteiger partial charge in [0.15, 0.2) is 0 Å². The summed E-state index contributed by atoms with van der Waals surface area (Å²) in [7, 11) is 0. The number of nitrogens with one attached hydrogen (secondary N) is 1. The van der Waals surface area contributed by atoms with Crippen molar-refractivity contribution in [3.8, 4) is 0 Å². The molecule has 0 unspecified atom stereocenters. The van der Waals surface area contributed by atoms with E-state index in [1.54, 1.807) is 11.3 Å². The van der Waals surface area contributed by atoms with Crippen LogP contribution in [0.3, 0.4) is 0 Å². The Balaban J connectivity index is 1.71. The zero-order valence-electron chi connectivity index (χ0n) is 12.4. The molecule has 2 rings (SSSR count). The Hall–Kier alpha value is -0.910. The molecule has 0 spiro atoms. The number of nitrogens with zero attached hydrogens (tertiary/aromatic N) is 1. The van der Waals surface area contributed by atoms with E-state index >= 15 is 0 Å². The van der Waals surface area contributed by atoms with Gasteiger partial charge in [-0.1, -0.05) is 6.07 Å². The molecule has 1 amide bonds. The topological polar surface area (TPSA) is 41.6 Å². The first-order valence-corrected chi connectivity index (χ1v) is 8.08. The van der Waals surface area contributed by atoms with Gasteiger partial charge in [0.25, 0.3) is 0 Å². The Morgan fingerprint density at radius 1 is 1.45 bits per heavy atom. The number of hydrogen-bond acceptors (Lipinski definition) is 4. The maximum Gasteiger partial charge on any atom is 0.220 e. The van der Waals surface area contributed by atoms with Crippen molar-refractivity contribution in [2.24, 2.45) is 0 Å². The molecule has 1 N–H and O–H groups in total. The first kappa shape index (κ1) is 15.5. The van der Waals surface area contributed by atoms with E-state index in [4.69, 9.17) is 4.74 Å². The predicted octanol–water partition coefficient (Wildman–Crippen LogP) is 1.91. The molecule has 0 atom stereocenters. The summed E-state index contributed by atoms with van der Waals surface area (Å²) in [6, 6.07) is 4.11. The summed E-state index contributed by atoms with van der Waals surface area (Å²) < 4.78 is 5.37. The van der Waals surface area contributed by atoms with Gasteiger partial charge in [-0.15, -0.1) is 11.3 Å². The lowest BCUT2D eigenvalue weighted by atomic mass is 10.0. The van der Waals surface area contributed by atoms with Gasteiger partial charge in [-0.05, 0) is 31.7 Å². The van der Waals surface area contributed by atoms with Crippen LogP contribution in [0, 0.1) is 0 Å². The molecule has 0 aromatic carbocycles. The van der Waals surface area contributed by atoms with Crippen LogP contribution in [0.15, 0.2) is 17.5 Å². The summed E-state index contributed by atoms with van der Waals surface area (Å²) in [6.07, 6.45) is 1.40. The highest BCUT2D eigenvalue weighted by molar-refractivity contribution is 7.09. The summed E-state index contributed by atoms with van der Waals surface area (Å²) in [5.74, 6) is 0.139. The van der Waals surface area contributed by atoms with Crippen LogP contribution >= 0.6 is 11.3 Å². The van der Waals surface area contributed by atoms with E-state index in [-0.39, 0.29) is 11.4 Å². The van der Waals surface area contributed by atoms with E-state index in [0.29, 0.717) is 13.0 Å². The SMILES string of the molecule is CC(C)(CNC(=O)CCc1cccs1)N1CCOCC1.